The minimum Gasteiger partial charge on any atom is -0.452 e. The van der Waals surface area contributed by atoms with Crippen molar-refractivity contribution in [2.45, 2.75) is 44.0 Å². The Labute approximate surface area is 171 Å². The van der Waals surface area contributed by atoms with Crippen LogP contribution in [0.3, 0.4) is 0 Å². The lowest BCUT2D eigenvalue weighted by Crippen LogP contribution is -2.43. The topological polar surface area (TPSA) is 141 Å². The molecule has 1 aliphatic rings. The normalized spacial score (nSPS) is 18.4. The minimum atomic E-state index is -4.01. The summed E-state index contributed by atoms with van der Waals surface area (Å²) in [5.41, 5.74) is 0.337. The van der Waals surface area contributed by atoms with E-state index >= 15 is 0 Å². The van der Waals surface area contributed by atoms with Crippen LogP contribution in [-0.2, 0) is 29.4 Å². The van der Waals surface area contributed by atoms with Crippen molar-refractivity contribution in [1.82, 2.24) is 4.90 Å². The average molecular weight is 447 g/mol. The summed E-state index contributed by atoms with van der Waals surface area (Å²) in [6, 6.07) is 3.49. The molecule has 0 aliphatic carbocycles. The van der Waals surface area contributed by atoms with Crippen molar-refractivity contribution in [3.05, 3.63) is 29.3 Å². The molecule has 1 atom stereocenters. The monoisotopic (exact) mass is 446 g/mol. The summed E-state index contributed by atoms with van der Waals surface area (Å²) in [6.07, 6.45) is 1.88. The molecular weight excluding hydrogens is 420 g/mol. The number of hydrogen-bond donors (Lipinski definition) is 1. The Morgan fingerprint density at radius 1 is 1.31 bits per heavy atom. The van der Waals surface area contributed by atoms with E-state index in [1.165, 1.54) is 17.0 Å². The number of esters is 1. The van der Waals surface area contributed by atoms with Crippen LogP contribution in [0.15, 0.2) is 23.1 Å². The van der Waals surface area contributed by atoms with Gasteiger partial charge < -0.3 is 9.64 Å². The number of carbonyl (C=O) groups is 2. The van der Waals surface area contributed by atoms with Gasteiger partial charge in [0, 0.05) is 12.6 Å². The van der Waals surface area contributed by atoms with E-state index in [1.54, 1.807) is 6.92 Å². The van der Waals surface area contributed by atoms with E-state index in [0.29, 0.717) is 24.9 Å². The lowest BCUT2D eigenvalue weighted by atomic mass is 10.1. The second-order valence-electron chi connectivity index (χ2n) is 7.10. The fourth-order valence-corrected chi connectivity index (χ4v) is 5.73. The third kappa shape index (κ3) is 6.25. The minimum absolute atomic E-state index is 0.0348. The summed E-state index contributed by atoms with van der Waals surface area (Å²) in [5.74, 6) is -1.40. The predicted molar refractivity (Wildman–Crippen MR) is 107 cm³/mol. The van der Waals surface area contributed by atoms with Crippen molar-refractivity contribution in [3.8, 4) is 0 Å². The molecule has 1 heterocycles. The summed E-state index contributed by atoms with van der Waals surface area (Å²) in [7, 11) is -7.17. The first-order valence-corrected chi connectivity index (χ1v) is 12.6. The Balaban J connectivity index is 2.08. The molecule has 0 saturated carbocycles. The quantitative estimate of drug-likeness (QED) is 0.577. The standard InChI is InChI=1S/C18H26N2O7S2/c1-3-4-8-20(15-7-9-28(23,24)12-15)17(21)11-27-18(22)14-6-5-13(2)16(10-14)29(19,25)26/h5-6,10,15H,3-4,7-9,11-12H2,1-2H3,(H2,19,25,26). The number of aryl methyl sites for hydroxylation is 1. The molecule has 1 saturated heterocycles. The number of unbranched alkanes of at least 4 members (excludes halogenated alkanes) is 1. The number of amides is 1. The van der Waals surface area contributed by atoms with E-state index in [2.05, 4.69) is 0 Å². The number of sulfone groups is 1. The number of ether oxygens (including phenoxy) is 1. The van der Waals surface area contributed by atoms with Crippen molar-refractivity contribution in [3.63, 3.8) is 0 Å². The van der Waals surface area contributed by atoms with Gasteiger partial charge in [0.25, 0.3) is 5.91 Å². The summed E-state index contributed by atoms with van der Waals surface area (Å²) in [5, 5.41) is 5.14. The molecule has 9 nitrogen and oxygen atoms in total. The zero-order valence-electron chi connectivity index (χ0n) is 16.5. The van der Waals surface area contributed by atoms with Crippen LogP contribution < -0.4 is 5.14 Å². The van der Waals surface area contributed by atoms with E-state index in [4.69, 9.17) is 9.88 Å². The highest BCUT2D eigenvalue weighted by Gasteiger charge is 2.34. The maximum Gasteiger partial charge on any atom is 0.338 e. The van der Waals surface area contributed by atoms with E-state index in [1.807, 2.05) is 6.92 Å². The second-order valence-corrected chi connectivity index (χ2v) is 10.9. The first-order valence-electron chi connectivity index (χ1n) is 9.25. The summed E-state index contributed by atoms with van der Waals surface area (Å²) in [6.45, 7) is 3.32. The second kappa shape index (κ2) is 9.23. The zero-order valence-corrected chi connectivity index (χ0v) is 18.1. The highest BCUT2D eigenvalue weighted by molar-refractivity contribution is 7.91. The van der Waals surface area contributed by atoms with Crippen molar-refractivity contribution >= 4 is 31.7 Å². The van der Waals surface area contributed by atoms with Gasteiger partial charge in [0.2, 0.25) is 10.0 Å². The SMILES string of the molecule is CCCCN(C(=O)COC(=O)c1ccc(C)c(S(N)(=O)=O)c1)C1CCS(=O)(=O)C1. The molecule has 2 rings (SSSR count). The number of benzene rings is 1. The number of nitrogens with two attached hydrogens (primary N) is 1. The van der Waals surface area contributed by atoms with E-state index < -0.39 is 44.4 Å². The average Bonchev–Trinajstić information content (AvgIpc) is 2.99. The molecule has 11 heteroatoms. The van der Waals surface area contributed by atoms with Gasteiger partial charge in [-0.15, -0.1) is 0 Å². The Morgan fingerprint density at radius 3 is 2.55 bits per heavy atom. The Kier molecular flexibility index (Phi) is 7.41. The van der Waals surface area contributed by atoms with Gasteiger partial charge in [-0.2, -0.15) is 0 Å². The van der Waals surface area contributed by atoms with Crippen LogP contribution in [0.2, 0.25) is 0 Å². The maximum atomic E-state index is 12.6. The lowest BCUT2D eigenvalue weighted by molar-refractivity contribution is -0.136. The van der Waals surface area contributed by atoms with Crippen molar-refractivity contribution in [1.29, 1.82) is 0 Å². The molecular formula is C18H26N2O7S2. The molecule has 1 aromatic carbocycles. The molecule has 1 aliphatic heterocycles. The van der Waals surface area contributed by atoms with E-state index in [9.17, 15) is 26.4 Å². The van der Waals surface area contributed by atoms with Crippen molar-refractivity contribution in [2.75, 3.05) is 24.7 Å². The molecule has 29 heavy (non-hydrogen) atoms. The molecule has 162 valence electrons. The molecule has 0 radical (unpaired) electrons. The zero-order chi connectivity index (χ0) is 21.8. The van der Waals surface area contributed by atoms with Gasteiger partial charge >= 0.3 is 5.97 Å². The number of hydrogen-bond acceptors (Lipinski definition) is 7. The fourth-order valence-electron chi connectivity index (χ4n) is 3.19. The number of nitrogens with zero attached hydrogens (tertiary/aromatic N) is 1. The summed E-state index contributed by atoms with van der Waals surface area (Å²) in [4.78, 5) is 26.1. The number of carbonyl (C=O) groups excluding carboxylic acids is 2. The molecule has 1 amide bonds. The van der Waals surface area contributed by atoms with Crippen LogP contribution >= 0.6 is 0 Å². The summed E-state index contributed by atoms with van der Waals surface area (Å²) >= 11 is 0. The molecule has 1 fully saturated rings. The van der Waals surface area contributed by atoms with Gasteiger partial charge in [-0.3, -0.25) is 4.79 Å². The molecule has 1 aromatic rings. The predicted octanol–water partition coefficient (Wildman–Crippen LogP) is 0.615. The Bertz CT molecular complexity index is 987. The first kappa shape index (κ1) is 23.3. The van der Waals surface area contributed by atoms with Crippen LogP contribution in [-0.4, -0.2) is 64.3 Å². The van der Waals surface area contributed by atoms with Gasteiger partial charge in [-0.05, 0) is 37.5 Å². The fraction of sp³-hybridized carbons (Fsp3) is 0.556. The highest BCUT2D eigenvalue weighted by Crippen LogP contribution is 2.19. The first-order chi connectivity index (χ1) is 13.4. The molecule has 0 bridgehead atoms. The van der Waals surface area contributed by atoms with Crippen LogP contribution in [0.4, 0.5) is 0 Å². The number of sulfonamides is 1. The van der Waals surface area contributed by atoms with E-state index in [-0.39, 0.29) is 22.0 Å². The molecule has 2 N–H and O–H groups in total. The number of primary sulfonamides is 1. The smallest absolute Gasteiger partial charge is 0.338 e. The lowest BCUT2D eigenvalue weighted by Gasteiger charge is -2.28. The number of rotatable bonds is 8. The van der Waals surface area contributed by atoms with Crippen molar-refractivity contribution in [2.24, 2.45) is 5.14 Å². The highest BCUT2D eigenvalue weighted by atomic mass is 32.2. The van der Waals surface area contributed by atoms with Crippen molar-refractivity contribution < 1.29 is 31.2 Å². The molecule has 1 unspecified atom stereocenters. The van der Waals surface area contributed by atoms with Crippen LogP contribution in [0, 0.1) is 6.92 Å². The maximum absolute atomic E-state index is 12.6. The third-order valence-corrected chi connectivity index (χ3v) is 7.58. The third-order valence-electron chi connectivity index (χ3n) is 4.78. The Hall–Kier alpha value is -1.98. The van der Waals surface area contributed by atoms with Crippen LogP contribution in [0.25, 0.3) is 0 Å². The van der Waals surface area contributed by atoms with Crippen LogP contribution in [0.1, 0.15) is 42.1 Å². The molecule has 0 aromatic heterocycles. The van der Waals surface area contributed by atoms with Gasteiger partial charge in [0.05, 0.1) is 22.0 Å². The van der Waals surface area contributed by atoms with Gasteiger partial charge in [-0.25, -0.2) is 26.8 Å². The molecule has 0 spiro atoms. The van der Waals surface area contributed by atoms with Gasteiger partial charge in [-0.1, -0.05) is 19.4 Å². The Morgan fingerprint density at radius 2 is 2.00 bits per heavy atom. The van der Waals surface area contributed by atoms with E-state index in [0.717, 1.165) is 12.5 Å². The largest absolute Gasteiger partial charge is 0.452 e. The summed E-state index contributed by atoms with van der Waals surface area (Å²) < 4.78 is 51.8. The van der Waals surface area contributed by atoms with Gasteiger partial charge in [0.15, 0.2) is 16.4 Å². The van der Waals surface area contributed by atoms with Crippen LogP contribution in [0.5, 0.6) is 0 Å². The van der Waals surface area contributed by atoms with Gasteiger partial charge in [0.1, 0.15) is 0 Å².